The van der Waals surface area contributed by atoms with Crippen molar-refractivity contribution in [2.45, 2.75) is 65.0 Å². The van der Waals surface area contributed by atoms with Crippen molar-refractivity contribution in [3.8, 4) is 0 Å². The van der Waals surface area contributed by atoms with E-state index in [-0.39, 0.29) is 29.7 Å². The zero-order chi connectivity index (χ0) is 16.4. The lowest BCUT2D eigenvalue weighted by Gasteiger charge is -2.19. The molecule has 22 heavy (non-hydrogen) atoms. The maximum atomic E-state index is 12.0. The topological polar surface area (TPSA) is 70.6 Å². The lowest BCUT2D eigenvalue weighted by atomic mass is 10.2. The van der Waals surface area contributed by atoms with E-state index in [0.717, 1.165) is 19.5 Å². The summed E-state index contributed by atoms with van der Waals surface area (Å²) in [6.45, 7) is 11.3. The molecule has 0 aliphatic carbocycles. The molecule has 0 saturated heterocycles. The Labute approximate surface area is 154 Å². The molecule has 0 bridgehead atoms. The Balaban J connectivity index is 0. The summed E-state index contributed by atoms with van der Waals surface area (Å²) >= 11 is 0. The minimum absolute atomic E-state index is 0. The number of nitrogens with zero attached hydrogens (tertiary/aromatic N) is 1. The van der Waals surface area contributed by atoms with Gasteiger partial charge in [0.15, 0.2) is 15.8 Å². The molecule has 0 spiro atoms. The predicted molar refractivity (Wildman–Crippen MR) is 107 cm³/mol. The summed E-state index contributed by atoms with van der Waals surface area (Å²) in [5, 5.41) is 6.24. The number of nitrogens with one attached hydrogen (secondary N) is 2. The Morgan fingerprint density at radius 1 is 1.05 bits per heavy atom. The fourth-order valence-corrected chi connectivity index (χ4v) is 2.66. The van der Waals surface area contributed by atoms with Crippen LogP contribution >= 0.6 is 24.0 Å². The molecule has 5 nitrogen and oxygen atoms in total. The summed E-state index contributed by atoms with van der Waals surface area (Å²) < 4.78 is 23.3. The maximum absolute atomic E-state index is 12.0. The van der Waals surface area contributed by atoms with Crippen LogP contribution in [0.1, 0.15) is 60.3 Å². The number of halogens is 1. The third-order valence-corrected chi connectivity index (χ3v) is 5.83. The minimum atomic E-state index is -3.09. The van der Waals surface area contributed by atoms with Crippen LogP contribution in [0.2, 0.25) is 0 Å². The molecule has 0 aliphatic heterocycles. The second kappa shape index (κ2) is 12.4. The predicted octanol–water partition coefficient (Wildman–Crippen LogP) is 2.95. The van der Waals surface area contributed by atoms with Gasteiger partial charge in [0, 0.05) is 19.6 Å². The van der Waals surface area contributed by atoms with Gasteiger partial charge in [-0.3, -0.25) is 4.99 Å². The maximum Gasteiger partial charge on any atom is 0.191 e. The molecule has 2 N–H and O–H groups in total. The second-order valence-electron chi connectivity index (χ2n) is 6.18. The molecule has 0 unspecified atom stereocenters. The van der Waals surface area contributed by atoms with Crippen LogP contribution in [0.4, 0.5) is 0 Å². The third kappa shape index (κ3) is 10.6. The van der Waals surface area contributed by atoms with Gasteiger partial charge < -0.3 is 10.6 Å². The molecule has 0 fully saturated rings. The molecule has 134 valence electrons. The lowest BCUT2D eigenvalue weighted by Crippen LogP contribution is -2.41. The highest BCUT2D eigenvalue weighted by molar-refractivity contribution is 14.0. The first kappa shape index (κ1) is 24.2. The van der Waals surface area contributed by atoms with Gasteiger partial charge in [-0.25, -0.2) is 8.42 Å². The van der Waals surface area contributed by atoms with Crippen molar-refractivity contribution in [1.29, 1.82) is 0 Å². The van der Waals surface area contributed by atoms with E-state index in [4.69, 9.17) is 0 Å². The molecule has 0 radical (unpaired) electrons. The Bertz CT molecular complexity index is 404. The normalized spacial score (nSPS) is 12.7. The van der Waals surface area contributed by atoms with Crippen molar-refractivity contribution in [2.24, 2.45) is 4.99 Å². The van der Waals surface area contributed by atoms with E-state index in [1.54, 1.807) is 20.8 Å². The molecule has 7 heteroatoms. The number of unbranched alkanes of at least 4 members (excludes halogenated alkanes) is 3. The highest BCUT2D eigenvalue weighted by Gasteiger charge is 2.28. The number of rotatable bonds is 9. The molecule has 0 amide bonds. The van der Waals surface area contributed by atoms with E-state index in [1.165, 1.54) is 19.3 Å². The van der Waals surface area contributed by atoms with E-state index in [2.05, 4.69) is 22.5 Å². The van der Waals surface area contributed by atoms with Gasteiger partial charge in [0.1, 0.15) is 0 Å². The van der Waals surface area contributed by atoms with Crippen LogP contribution in [-0.2, 0) is 9.84 Å². The first-order valence-corrected chi connectivity index (χ1v) is 9.64. The quantitative estimate of drug-likeness (QED) is 0.247. The van der Waals surface area contributed by atoms with E-state index in [0.29, 0.717) is 12.5 Å². The van der Waals surface area contributed by atoms with Gasteiger partial charge in [-0.05, 0) is 34.1 Å². The van der Waals surface area contributed by atoms with E-state index in [1.807, 2.05) is 6.92 Å². The molecule has 0 rings (SSSR count). The largest absolute Gasteiger partial charge is 0.357 e. The fourth-order valence-electron chi connectivity index (χ4n) is 1.68. The van der Waals surface area contributed by atoms with Crippen LogP contribution in [0.3, 0.4) is 0 Å². The Kier molecular flexibility index (Phi) is 13.6. The summed E-state index contributed by atoms with van der Waals surface area (Å²) in [6, 6.07) is 0. The van der Waals surface area contributed by atoms with Gasteiger partial charge in [0.25, 0.3) is 0 Å². The Morgan fingerprint density at radius 3 is 2.18 bits per heavy atom. The van der Waals surface area contributed by atoms with Gasteiger partial charge in [0.2, 0.25) is 0 Å². The van der Waals surface area contributed by atoms with Crippen molar-refractivity contribution < 1.29 is 8.42 Å². The van der Waals surface area contributed by atoms with Crippen LogP contribution < -0.4 is 10.6 Å². The second-order valence-corrected chi connectivity index (χ2v) is 9.04. The number of guanidine groups is 1. The molecule has 0 aromatic rings. The Morgan fingerprint density at radius 2 is 1.68 bits per heavy atom. The zero-order valence-electron chi connectivity index (χ0n) is 14.7. The first-order valence-electron chi connectivity index (χ1n) is 7.99. The summed E-state index contributed by atoms with van der Waals surface area (Å²) in [5.74, 6) is 0.828. The number of hydrogen-bond donors (Lipinski definition) is 2. The average Bonchev–Trinajstić information content (AvgIpc) is 2.37. The molecule has 0 aromatic carbocycles. The third-order valence-electron chi connectivity index (χ3n) is 3.22. The summed E-state index contributed by atoms with van der Waals surface area (Å²) in [7, 11) is -3.09. The SMILES string of the molecule is CCCCCCN=C(NCC)NCCS(=O)(=O)C(C)(C)C.I. The van der Waals surface area contributed by atoms with Gasteiger partial charge in [-0.1, -0.05) is 26.2 Å². The van der Waals surface area contributed by atoms with Crippen LogP contribution in [0.5, 0.6) is 0 Å². The van der Waals surface area contributed by atoms with Crippen molar-refractivity contribution in [3.05, 3.63) is 0 Å². The van der Waals surface area contributed by atoms with Crippen LogP contribution in [0.15, 0.2) is 4.99 Å². The summed E-state index contributed by atoms with van der Waals surface area (Å²) in [4.78, 5) is 4.47. The van der Waals surface area contributed by atoms with Crippen molar-refractivity contribution in [2.75, 3.05) is 25.4 Å². The highest BCUT2D eigenvalue weighted by atomic mass is 127. The molecule has 0 aromatic heterocycles. The number of hydrogen-bond acceptors (Lipinski definition) is 3. The van der Waals surface area contributed by atoms with Crippen molar-refractivity contribution in [3.63, 3.8) is 0 Å². The Hall–Kier alpha value is -0.0500. The molecular formula is C15H34IN3O2S. The van der Waals surface area contributed by atoms with E-state index < -0.39 is 14.6 Å². The minimum Gasteiger partial charge on any atom is -0.357 e. The van der Waals surface area contributed by atoms with Gasteiger partial charge in [-0.2, -0.15) is 0 Å². The van der Waals surface area contributed by atoms with Gasteiger partial charge in [0.05, 0.1) is 10.5 Å². The highest BCUT2D eigenvalue weighted by Crippen LogP contribution is 2.15. The first-order chi connectivity index (χ1) is 9.74. The smallest absolute Gasteiger partial charge is 0.191 e. The van der Waals surface area contributed by atoms with E-state index >= 15 is 0 Å². The average molecular weight is 447 g/mol. The molecular weight excluding hydrogens is 413 g/mol. The molecule has 0 aliphatic rings. The van der Waals surface area contributed by atoms with E-state index in [9.17, 15) is 8.42 Å². The van der Waals surface area contributed by atoms with Crippen LogP contribution in [-0.4, -0.2) is 44.5 Å². The van der Waals surface area contributed by atoms with Crippen molar-refractivity contribution >= 4 is 39.8 Å². The summed E-state index contributed by atoms with van der Waals surface area (Å²) in [5.41, 5.74) is 0. The standard InChI is InChI=1S/C15H33N3O2S.HI/c1-6-8-9-10-11-17-14(16-7-2)18-12-13-21(19,20)15(3,4)5;/h6-13H2,1-5H3,(H2,16,17,18);1H. The summed E-state index contributed by atoms with van der Waals surface area (Å²) in [6.07, 6.45) is 4.72. The van der Waals surface area contributed by atoms with Gasteiger partial charge >= 0.3 is 0 Å². The number of aliphatic imine (C=N–C) groups is 1. The van der Waals surface area contributed by atoms with Crippen LogP contribution in [0.25, 0.3) is 0 Å². The molecule has 0 saturated carbocycles. The monoisotopic (exact) mass is 447 g/mol. The molecule has 0 heterocycles. The number of sulfone groups is 1. The van der Waals surface area contributed by atoms with Crippen molar-refractivity contribution in [1.82, 2.24) is 10.6 Å². The van der Waals surface area contributed by atoms with Gasteiger partial charge in [-0.15, -0.1) is 24.0 Å². The fraction of sp³-hybridized carbons (Fsp3) is 0.933. The zero-order valence-corrected chi connectivity index (χ0v) is 17.9. The lowest BCUT2D eigenvalue weighted by molar-refractivity contribution is 0.559. The van der Waals surface area contributed by atoms with Crippen LogP contribution in [0, 0.1) is 0 Å². The molecule has 0 atom stereocenters.